The molecule has 1 rings (SSSR count). The van der Waals surface area contributed by atoms with E-state index in [1.54, 1.807) is 0 Å². The highest BCUT2D eigenvalue weighted by Crippen LogP contribution is 2.18. The van der Waals surface area contributed by atoms with Crippen molar-refractivity contribution in [1.82, 2.24) is 4.90 Å². The molecule has 0 saturated carbocycles. The smallest absolute Gasteiger partial charge is 0.0866 e. The molecule has 0 N–H and O–H groups in total. The van der Waals surface area contributed by atoms with Crippen LogP contribution in [0.5, 0.6) is 0 Å². The molecule has 1 saturated heterocycles. The molecule has 0 aromatic heterocycles. The molecule has 3 nitrogen and oxygen atoms in total. The monoisotopic (exact) mass is 167 g/mol. The number of nitriles is 1. The Morgan fingerprint density at radius 2 is 2.42 bits per heavy atom. The van der Waals surface area contributed by atoms with Crippen molar-refractivity contribution in [2.75, 3.05) is 26.2 Å². The maximum absolute atomic E-state index is 10.4. The molecule has 0 spiro atoms. The molecule has 1 radical (unpaired) electrons. The van der Waals surface area contributed by atoms with Crippen molar-refractivity contribution in [3.05, 3.63) is 0 Å². The first-order valence-electron chi connectivity index (χ1n) is 4.54. The Morgan fingerprint density at radius 1 is 1.58 bits per heavy atom. The number of likely N-dealkylation sites (tertiary alicyclic amines) is 1. The SMILES string of the molecule is N#CCN1CCCC(CC[O])C1. The molecule has 0 aromatic carbocycles. The average molecular weight is 167 g/mol. The summed E-state index contributed by atoms with van der Waals surface area (Å²) in [5, 5.41) is 18.9. The Morgan fingerprint density at radius 3 is 3.08 bits per heavy atom. The van der Waals surface area contributed by atoms with Gasteiger partial charge in [0.2, 0.25) is 0 Å². The summed E-state index contributed by atoms with van der Waals surface area (Å²) in [4.78, 5) is 2.14. The molecule has 67 valence electrons. The lowest BCUT2D eigenvalue weighted by Crippen LogP contribution is -2.35. The normalized spacial score (nSPS) is 25.2. The van der Waals surface area contributed by atoms with Gasteiger partial charge in [-0.1, -0.05) is 0 Å². The van der Waals surface area contributed by atoms with Gasteiger partial charge in [0.15, 0.2) is 0 Å². The van der Waals surface area contributed by atoms with Crippen LogP contribution in [-0.2, 0) is 5.11 Å². The number of piperidine rings is 1. The van der Waals surface area contributed by atoms with Gasteiger partial charge in [0.1, 0.15) is 0 Å². The van der Waals surface area contributed by atoms with Crippen molar-refractivity contribution in [3.63, 3.8) is 0 Å². The van der Waals surface area contributed by atoms with E-state index in [9.17, 15) is 5.11 Å². The number of hydrogen-bond donors (Lipinski definition) is 0. The van der Waals surface area contributed by atoms with E-state index < -0.39 is 0 Å². The minimum atomic E-state index is 0.0328. The second-order valence-electron chi connectivity index (χ2n) is 3.39. The molecule has 1 heterocycles. The van der Waals surface area contributed by atoms with Crippen LogP contribution in [-0.4, -0.2) is 31.1 Å². The predicted molar refractivity (Wildman–Crippen MR) is 44.9 cm³/mol. The molecule has 1 aliphatic heterocycles. The summed E-state index contributed by atoms with van der Waals surface area (Å²) in [6.07, 6.45) is 3.10. The third-order valence-corrected chi connectivity index (χ3v) is 2.42. The molecule has 1 fully saturated rings. The number of hydrogen-bond acceptors (Lipinski definition) is 2. The highest BCUT2D eigenvalue weighted by Gasteiger charge is 2.18. The minimum Gasteiger partial charge on any atom is -0.290 e. The summed E-state index contributed by atoms with van der Waals surface area (Å²) in [6.45, 7) is 2.54. The van der Waals surface area contributed by atoms with Crippen molar-refractivity contribution in [2.45, 2.75) is 19.3 Å². The summed E-state index contributed by atoms with van der Waals surface area (Å²) in [6, 6.07) is 2.15. The fourth-order valence-corrected chi connectivity index (χ4v) is 1.80. The second kappa shape index (κ2) is 5.13. The molecule has 0 aliphatic carbocycles. The van der Waals surface area contributed by atoms with Crippen molar-refractivity contribution in [2.24, 2.45) is 5.92 Å². The van der Waals surface area contributed by atoms with Gasteiger partial charge >= 0.3 is 0 Å². The lowest BCUT2D eigenvalue weighted by atomic mass is 9.95. The van der Waals surface area contributed by atoms with Gasteiger partial charge in [-0.25, -0.2) is 5.11 Å². The highest BCUT2D eigenvalue weighted by atomic mass is 16.3. The van der Waals surface area contributed by atoms with E-state index >= 15 is 0 Å². The first-order chi connectivity index (χ1) is 5.86. The summed E-state index contributed by atoms with van der Waals surface area (Å²) in [5.74, 6) is 0.546. The van der Waals surface area contributed by atoms with Gasteiger partial charge in [0, 0.05) is 6.54 Å². The molecule has 1 unspecified atom stereocenters. The summed E-state index contributed by atoms with van der Waals surface area (Å²) in [5.41, 5.74) is 0. The molecule has 0 bridgehead atoms. The van der Waals surface area contributed by atoms with Crippen LogP contribution in [0.3, 0.4) is 0 Å². The van der Waals surface area contributed by atoms with Crippen molar-refractivity contribution in [3.8, 4) is 6.07 Å². The molecule has 1 atom stereocenters. The number of rotatable bonds is 3. The Labute approximate surface area is 73.6 Å². The van der Waals surface area contributed by atoms with E-state index in [1.807, 2.05) is 0 Å². The second-order valence-corrected chi connectivity index (χ2v) is 3.39. The third-order valence-electron chi connectivity index (χ3n) is 2.42. The molecule has 3 heteroatoms. The first-order valence-corrected chi connectivity index (χ1v) is 4.54. The van der Waals surface area contributed by atoms with E-state index in [0.29, 0.717) is 12.5 Å². The Kier molecular flexibility index (Phi) is 4.06. The van der Waals surface area contributed by atoms with Crippen LogP contribution in [0.15, 0.2) is 0 Å². The van der Waals surface area contributed by atoms with Gasteiger partial charge in [-0.2, -0.15) is 5.26 Å². The van der Waals surface area contributed by atoms with Crippen LogP contribution in [0.1, 0.15) is 19.3 Å². The third kappa shape index (κ3) is 2.80. The van der Waals surface area contributed by atoms with Crippen LogP contribution in [0.4, 0.5) is 0 Å². The summed E-state index contributed by atoms with van der Waals surface area (Å²) >= 11 is 0. The summed E-state index contributed by atoms with van der Waals surface area (Å²) in [7, 11) is 0. The van der Waals surface area contributed by atoms with E-state index in [1.165, 1.54) is 6.42 Å². The minimum absolute atomic E-state index is 0.0328. The zero-order valence-corrected chi connectivity index (χ0v) is 7.33. The fraction of sp³-hybridized carbons (Fsp3) is 0.889. The van der Waals surface area contributed by atoms with E-state index in [-0.39, 0.29) is 6.61 Å². The summed E-state index contributed by atoms with van der Waals surface area (Å²) < 4.78 is 0. The van der Waals surface area contributed by atoms with Gasteiger partial charge in [-0.05, 0) is 31.7 Å². The van der Waals surface area contributed by atoms with Crippen LogP contribution in [0.2, 0.25) is 0 Å². The van der Waals surface area contributed by atoms with E-state index in [2.05, 4.69) is 11.0 Å². The van der Waals surface area contributed by atoms with Gasteiger partial charge in [-0.15, -0.1) is 0 Å². The van der Waals surface area contributed by atoms with Crippen molar-refractivity contribution < 1.29 is 5.11 Å². The average Bonchev–Trinajstić information content (AvgIpc) is 2.06. The standard InChI is InChI=1S/C9H15N2O/c10-4-6-11-5-1-2-9(8-11)3-7-12/h9H,1-3,5-8H2. The van der Waals surface area contributed by atoms with Gasteiger partial charge in [0.25, 0.3) is 0 Å². The maximum atomic E-state index is 10.4. The zero-order chi connectivity index (χ0) is 8.81. The largest absolute Gasteiger partial charge is 0.290 e. The zero-order valence-electron chi connectivity index (χ0n) is 7.33. The maximum Gasteiger partial charge on any atom is 0.0866 e. The Balaban J connectivity index is 2.26. The van der Waals surface area contributed by atoms with Crippen molar-refractivity contribution >= 4 is 0 Å². The van der Waals surface area contributed by atoms with Crippen molar-refractivity contribution in [1.29, 1.82) is 5.26 Å². The van der Waals surface area contributed by atoms with Gasteiger partial charge in [-0.3, -0.25) is 4.90 Å². The van der Waals surface area contributed by atoms with Crippen LogP contribution >= 0.6 is 0 Å². The molecular weight excluding hydrogens is 152 g/mol. The Hall–Kier alpha value is -0.590. The first kappa shape index (κ1) is 9.50. The Bertz CT molecular complexity index is 162. The van der Waals surface area contributed by atoms with Crippen LogP contribution in [0, 0.1) is 17.2 Å². The topological polar surface area (TPSA) is 46.9 Å². The lowest BCUT2D eigenvalue weighted by molar-refractivity contribution is 0.129. The van der Waals surface area contributed by atoms with E-state index in [4.69, 9.17) is 5.26 Å². The molecule has 0 aromatic rings. The predicted octanol–water partition coefficient (Wildman–Crippen LogP) is 1.04. The van der Waals surface area contributed by atoms with Crippen LogP contribution < -0.4 is 0 Å². The number of nitrogens with zero attached hydrogens (tertiary/aromatic N) is 2. The quantitative estimate of drug-likeness (QED) is 0.590. The molecule has 1 aliphatic rings. The highest BCUT2D eigenvalue weighted by molar-refractivity contribution is 4.81. The van der Waals surface area contributed by atoms with Crippen LogP contribution in [0.25, 0.3) is 0 Å². The fourth-order valence-electron chi connectivity index (χ4n) is 1.80. The van der Waals surface area contributed by atoms with Gasteiger partial charge < -0.3 is 0 Å². The van der Waals surface area contributed by atoms with E-state index in [0.717, 1.165) is 25.9 Å². The van der Waals surface area contributed by atoms with Gasteiger partial charge in [0.05, 0.1) is 19.2 Å². The molecule has 0 amide bonds. The molecule has 12 heavy (non-hydrogen) atoms. The molecular formula is C9H15N2O. The lowest BCUT2D eigenvalue weighted by Gasteiger charge is -2.30.